The third kappa shape index (κ3) is 4.68. The third-order valence-electron chi connectivity index (χ3n) is 14.1. The minimum absolute atomic E-state index is 0.0938. The van der Waals surface area contributed by atoms with E-state index in [1.54, 1.807) is 16.0 Å². The van der Waals surface area contributed by atoms with Crippen molar-refractivity contribution in [2.75, 3.05) is 4.90 Å². The Balaban J connectivity index is 0.943. The van der Waals surface area contributed by atoms with E-state index < -0.39 is 0 Å². The van der Waals surface area contributed by atoms with Gasteiger partial charge in [-0.3, -0.25) is 0 Å². The van der Waals surface area contributed by atoms with E-state index in [2.05, 4.69) is 183 Å². The maximum Gasteiger partial charge on any atom is 0.0546 e. The lowest BCUT2D eigenvalue weighted by Crippen LogP contribution is -2.16. The smallest absolute Gasteiger partial charge is 0.0546 e. The number of allylic oxidation sites excluding steroid dienone is 5. The Hall–Kier alpha value is -5.96. The molecule has 272 valence electrons. The fraction of sp³-hybridized carbons (Fsp3) is 0.164. The summed E-state index contributed by atoms with van der Waals surface area (Å²) in [5, 5.41) is 6.48. The zero-order valence-corrected chi connectivity index (χ0v) is 33.0. The maximum atomic E-state index is 2.59. The molecule has 8 aromatic rings. The van der Waals surface area contributed by atoms with Gasteiger partial charge in [-0.15, -0.1) is 11.3 Å². The molecule has 5 aliphatic rings. The number of fused-ring (bicyclic) bond motifs is 12. The molecular weight excluding hydrogens is 707 g/mol. The highest BCUT2D eigenvalue weighted by Gasteiger charge is 2.50. The van der Waals surface area contributed by atoms with Gasteiger partial charge in [0.1, 0.15) is 0 Å². The Labute approximate surface area is 337 Å². The number of nitrogens with zero attached hydrogens (tertiary/aromatic N) is 1. The third-order valence-corrected chi connectivity index (χ3v) is 15.4. The summed E-state index contributed by atoms with van der Waals surface area (Å²) in [6.45, 7) is 4.75. The van der Waals surface area contributed by atoms with E-state index in [9.17, 15) is 0 Å². The van der Waals surface area contributed by atoms with Crippen LogP contribution < -0.4 is 4.90 Å². The molecular formula is C55H41NS. The lowest BCUT2D eigenvalue weighted by atomic mass is 9.82. The molecule has 1 heterocycles. The second-order valence-corrected chi connectivity index (χ2v) is 18.7. The Morgan fingerprint density at radius 1 is 0.579 bits per heavy atom. The second-order valence-electron chi connectivity index (χ2n) is 17.6. The van der Waals surface area contributed by atoms with Crippen molar-refractivity contribution in [2.24, 2.45) is 17.8 Å². The first-order chi connectivity index (χ1) is 28.0. The van der Waals surface area contributed by atoms with Crippen LogP contribution in [0.25, 0.3) is 60.0 Å². The Morgan fingerprint density at radius 3 is 2.23 bits per heavy atom. The van der Waals surface area contributed by atoms with Crippen molar-refractivity contribution >= 4 is 66.1 Å². The monoisotopic (exact) mass is 747 g/mol. The van der Waals surface area contributed by atoms with Gasteiger partial charge in [0.25, 0.3) is 0 Å². The van der Waals surface area contributed by atoms with Crippen molar-refractivity contribution < 1.29 is 0 Å². The number of anilines is 3. The van der Waals surface area contributed by atoms with E-state index in [0.717, 1.165) is 23.4 Å². The highest BCUT2D eigenvalue weighted by molar-refractivity contribution is 7.19. The molecule has 4 atom stereocenters. The highest BCUT2D eigenvalue weighted by Crippen LogP contribution is 2.64. The summed E-state index contributed by atoms with van der Waals surface area (Å²) in [5.74, 6) is 2.97. The van der Waals surface area contributed by atoms with E-state index in [0.29, 0.717) is 5.92 Å². The number of hydrogen-bond donors (Lipinski definition) is 0. The lowest BCUT2D eigenvalue weighted by molar-refractivity contribution is 0.660. The zero-order chi connectivity index (χ0) is 37.6. The Bertz CT molecular complexity index is 3130. The maximum absolute atomic E-state index is 2.59. The fourth-order valence-electron chi connectivity index (χ4n) is 10.9. The summed E-state index contributed by atoms with van der Waals surface area (Å²) >= 11 is 2.04. The summed E-state index contributed by atoms with van der Waals surface area (Å²) in [7, 11) is 0. The number of hydrogen-bond acceptors (Lipinski definition) is 2. The van der Waals surface area contributed by atoms with Gasteiger partial charge < -0.3 is 4.90 Å². The van der Waals surface area contributed by atoms with Gasteiger partial charge in [-0.25, -0.2) is 0 Å². The van der Waals surface area contributed by atoms with Gasteiger partial charge in [-0.05, 0) is 145 Å². The molecule has 7 aromatic carbocycles. The normalized spacial score (nSPS) is 21.6. The molecule has 0 saturated heterocycles. The van der Waals surface area contributed by atoms with Gasteiger partial charge >= 0.3 is 0 Å². The summed E-state index contributed by atoms with van der Waals surface area (Å²) < 4.78 is 1.42. The van der Waals surface area contributed by atoms with Crippen LogP contribution in [0.1, 0.15) is 54.2 Å². The molecule has 0 radical (unpaired) electrons. The van der Waals surface area contributed by atoms with Crippen LogP contribution in [0.3, 0.4) is 0 Å². The largest absolute Gasteiger partial charge is 0.310 e. The van der Waals surface area contributed by atoms with Crippen LogP contribution >= 0.6 is 11.3 Å². The summed E-state index contributed by atoms with van der Waals surface area (Å²) in [6, 6.07) is 52.7. The lowest BCUT2D eigenvalue weighted by Gasteiger charge is -2.29. The summed E-state index contributed by atoms with van der Waals surface area (Å²) in [4.78, 5) is 4.11. The van der Waals surface area contributed by atoms with Crippen LogP contribution in [0.15, 0.2) is 169 Å². The number of benzene rings is 7. The molecule has 5 aliphatic carbocycles. The van der Waals surface area contributed by atoms with Crippen molar-refractivity contribution in [2.45, 2.75) is 38.0 Å². The molecule has 13 rings (SSSR count). The average molecular weight is 748 g/mol. The van der Waals surface area contributed by atoms with E-state index in [4.69, 9.17) is 0 Å². The summed E-state index contributed by atoms with van der Waals surface area (Å²) in [6.07, 6.45) is 12.4. The van der Waals surface area contributed by atoms with Crippen molar-refractivity contribution in [3.63, 3.8) is 0 Å². The second kappa shape index (κ2) is 11.6. The first-order valence-electron chi connectivity index (χ1n) is 20.7. The summed E-state index contributed by atoms with van der Waals surface area (Å²) in [5.41, 5.74) is 16.2. The highest BCUT2D eigenvalue weighted by atomic mass is 32.1. The molecule has 1 aromatic heterocycles. The molecule has 0 bridgehead atoms. The molecule has 2 fully saturated rings. The Morgan fingerprint density at radius 2 is 1.33 bits per heavy atom. The van der Waals surface area contributed by atoms with Crippen molar-refractivity contribution in [1.29, 1.82) is 0 Å². The van der Waals surface area contributed by atoms with Crippen LogP contribution in [0.2, 0.25) is 0 Å². The van der Waals surface area contributed by atoms with Gasteiger partial charge in [0.15, 0.2) is 0 Å². The van der Waals surface area contributed by atoms with Crippen LogP contribution in [0, 0.1) is 17.8 Å². The quantitative estimate of drug-likeness (QED) is 0.159. The van der Waals surface area contributed by atoms with E-state index in [-0.39, 0.29) is 5.41 Å². The first kappa shape index (κ1) is 32.2. The zero-order valence-electron chi connectivity index (χ0n) is 32.2. The van der Waals surface area contributed by atoms with E-state index in [1.165, 1.54) is 94.8 Å². The minimum Gasteiger partial charge on any atom is -0.310 e. The molecule has 2 saturated carbocycles. The van der Waals surface area contributed by atoms with Gasteiger partial charge in [0, 0.05) is 43.1 Å². The molecule has 0 amide bonds. The van der Waals surface area contributed by atoms with Gasteiger partial charge in [0.2, 0.25) is 0 Å². The molecule has 0 N–H and O–H groups in total. The van der Waals surface area contributed by atoms with Crippen LogP contribution in [-0.4, -0.2) is 0 Å². The van der Waals surface area contributed by atoms with Gasteiger partial charge in [-0.1, -0.05) is 129 Å². The van der Waals surface area contributed by atoms with Gasteiger partial charge in [-0.2, -0.15) is 0 Å². The average Bonchev–Trinajstić information content (AvgIpc) is 4.18. The van der Waals surface area contributed by atoms with Crippen molar-refractivity contribution in [3.8, 4) is 22.3 Å². The molecule has 57 heavy (non-hydrogen) atoms. The van der Waals surface area contributed by atoms with E-state index in [1.807, 2.05) is 11.3 Å². The fourth-order valence-corrected chi connectivity index (χ4v) is 12.3. The number of thiophene rings is 1. The van der Waals surface area contributed by atoms with Crippen LogP contribution in [0.4, 0.5) is 17.1 Å². The van der Waals surface area contributed by atoms with E-state index >= 15 is 0 Å². The topological polar surface area (TPSA) is 3.24 Å². The predicted octanol–water partition coefficient (Wildman–Crippen LogP) is 15.3. The minimum atomic E-state index is -0.0938. The molecule has 2 heteroatoms. The Kier molecular flexibility index (Phi) is 6.52. The molecule has 0 spiro atoms. The molecule has 1 nitrogen and oxygen atoms in total. The standard InChI is InChI=1S/C55H41NS/c1-55(2)50-17-8-7-14-41(50)42-24-23-37(29-51(42)55)56(52-28-35-10-3-4-12-38(35)39-13-5-6-15-43(39)52)36-21-18-32(19-22-36)33-20-25-53-47(26-33)49-30-45(46-31-48(46)54(49)57-53)40-16-9-11-34-27-44(34)40/h3-26,28-30,34,44,46,48H,27,31H2,1-2H3. The predicted molar refractivity (Wildman–Crippen MR) is 242 cm³/mol. The molecule has 4 unspecified atom stereocenters. The SMILES string of the molecule is CC1(C)c2ccccc2-c2ccc(N(c3ccc(-c4ccc5sc6c(c5c4)C=C(C4=CC=CC5CC45)C4CC64)cc3)c3cc4ccccc4c4ccccc34)cc21. The number of rotatable bonds is 5. The van der Waals surface area contributed by atoms with Crippen LogP contribution in [0.5, 0.6) is 0 Å². The first-order valence-corrected chi connectivity index (χ1v) is 21.5. The van der Waals surface area contributed by atoms with Crippen molar-refractivity contribution in [3.05, 3.63) is 190 Å². The van der Waals surface area contributed by atoms with Crippen LogP contribution in [-0.2, 0) is 5.41 Å². The molecule has 0 aliphatic heterocycles. The van der Waals surface area contributed by atoms with Crippen molar-refractivity contribution in [1.82, 2.24) is 0 Å². The van der Waals surface area contributed by atoms with Gasteiger partial charge in [0.05, 0.1) is 5.69 Å².